The van der Waals surface area contributed by atoms with Crippen LogP contribution in [0.4, 0.5) is 0 Å². The Hall–Kier alpha value is -0.0900. The highest BCUT2D eigenvalue weighted by molar-refractivity contribution is 7.16. The summed E-state index contributed by atoms with van der Waals surface area (Å²) >= 11 is 7.76. The zero-order valence-corrected chi connectivity index (χ0v) is 11.1. The first-order chi connectivity index (χ1) is 7.74. The molecule has 0 aliphatic heterocycles. The van der Waals surface area contributed by atoms with Crippen molar-refractivity contribution in [2.24, 2.45) is 0 Å². The molecule has 4 heteroatoms. The molecule has 2 N–H and O–H groups in total. The van der Waals surface area contributed by atoms with Gasteiger partial charge in [0.05, 0.1) is 10.9 Å². The predicted molar refractivity (Wildman–Crippen MR) is 69.3 cm³/mol. The van der Waals surface area contributed by atoms with Crippen LogP contribution in [-0.4, -0.2) is 17.8 Å². The Labute approximate surface area is 106 Å². The van der Waals surface area contributed by atoms with Crippen LogP contribution >= 0.6 is 22.9 Å². The van der Waals surface area contributed by atoms with E-state index < -0.39 is 0 Å². The minimum atomic E-state index is 0.203. The van der Waals surface area contributed by atoms with Crippen molar-refractivity contribution >= 4 is 22.9 Å². The Morgan fingerprint density at radius 1 is 1.69 bits per heavy atom. The van der Waals surface area contributed by atoms with Crippen molar-refractivity contribution < 1.29 is 5.11 Å². The third-order valence-corrected chi connectivity index (χ3v) is 4.57. The fraction of sp³-hybridized carbons (Fsp3) is 0.667. The molecule has 2 nitrogen and oxygen atoms in total. The molecule has 16 heavy (non-hydrogen) atoms. The lowest BCUT2D eigenvalue weighted by Crippen LogP contribution is -2.36. The third-order valence-electron chi connectivity index (χ3n) is 3.23. The molecular weight excluding hydrogens is 242 g/mol. The van der Waals surface area contributed by atoms with Crippen LogP contribution in [-0.2, 0) is 6.42 Å². The van der Waals surface area contributed by atoms with Gasteiger partial charge >= 0.3 is 0 Å². The van der Waals surface area contributed by atoms with Crippen LogP contribution in [0.5, 0.6) is 0 Å². The van der Waals surface area contributed by atoms with Crippen LogP contribution in [0.1, 0.15) is 42.7 Å². The lowest BCUT2D eigenvalue weighted by Gasteiger charge is -2.27. The summed E-state index contributed by atoms with van der Waals surface area (Å²) in [6, 6.07) is 2.67. The number of nitrogens with one attached hydrogen (secondary N) is 1. The summed E-state index contributed by atoms with van der Waals surface area (Å²) in [4.78, 5) is 1.42. The molecule has 1 aromatic rings. The Morgan fingerprint density at radius 2 is 2.50 bits per heavy atom. The molecule has 2 atom stereocenters. The number of hydrogen-bond acceptors (Lipinski definition) is 3. The molecule has 1 aromatic heterocycles. The van der Waals surface area contributed by atoms with Gasteiger partial charge < -0.3 is 10.4 Å². The van der Waals surface area contributed by atoms with Gasteiger partial charge in [0.15, 0.2) is 0 Å². The van der Waals surface area contributed by atoms with Crippen molar-refractivity contribution in [3.8, 4) is 0 Å². The number of aliphatic hydroxyl groups excluding tert-OH is 1. The molecule has 0 saturated carbocycles. The van der Waals surface area contributed by atoms with Gasteiger partial charge in [-0.1, -0.05) is 18.5 Å². The number of hydrogen-bond donors (Lipinski definition) is 2. The highest BCUT2D eigenvalue weighted by atomic mass is 35.5. The minimum Gasteiger partial charge on any atom is -0.395 e. The summed E-state index contributed by atoms with van der Waals surface area (Å²) in [7, 11) is 0. The van der Waals surface area contributed by atoms with Gasteiger partial charge in [-0.2, -0.15) is 0 Å². The summed E-state index contributed by atoms with van der Waals surface area (Å²) in [6.07, 6.45) is 4.47. The summed E-state index contributed by atoms with van der Waals surface area (Å²) in [5.41, 5.74) is 1.35. The average molecular weight is 260 g/mol. The molecule has 0 amide bonds. The van der Waals surface area contributed by atoms with E-state index in [4.69, 9.17) is 11.6 Å². The number of thiophene rings is 1. The Morgan fingerprint density at radius 3 is 3.19 bits per heavy atom. The highest BCUT2D eigenvalue weighted by Gasteiger charge is 2.24. The zero-order valence-electron chi connectivity index (χ0n) is 9.50. The number of aliphatic hydroxyl groups is 1. The van der Waals surface area contributed by atoms with E-state index in [1.165, 1.54) is 16.9 Å². The lowest BCUT2D eigenvalue weighted by molar-refractivity contribution is 0.223. The SMILES string of the molecule is CC[C@H](CO)NC1CCCc2sc(Cl)cc21. The summed E-state index contributed by atoms with van der Waals surface area (Å²) in [5, 5.41) is 12.7. The quantitative estimate of drug-likeness (QED) is 0.871. The van der Waals surface area contributed by atoms with E-state index in [-0.39, 0.29) is 12.6 Å². The molecule has 0 radical (unpaired) electrons. The first-order valence-electron chi connectivity index (χ1n) is 5.89. The molecule has 0 bridgehead atoms. The second-order valence-corrected chi connectivity index (χ2v) is 6.10. The van der Waals surface area contributed by atoms with Gasteiger partial charge in [-0.3, -0.25) is 0 Å². The molecule has 1 aliphatic carbocycles. The van der Waals surface area contributed by atoms with E-state index in [0.717, 1.165) is 23.6 Å². The van der Waals surface area contributed by atoms with Gasteiger partial charge in [-0.05, 0) is 37.3 Å². The van der Waals surface area contributed by atoms with Gasteiger partial charge in [0.1, 0.15) is 0 Å². The topological polar surface area (TPSA) is 32.3 Å². The fourth-order valence-electron chi connectivity index (χ4n) is 2.28. The average Bonchev–Trinajstić information content (AvgIpc) is 2.67. The standard InChI is InChI=1S/C12H18ClNOS/c1-2-8(7-15)14-10-4-3-5-11-9(10)6-12(13)16-11/h6,8,10,14-15H,2-5,7H2,1H3/t8-,10?/m1/s1. The minimum absolute atomic E-state index is 0.203. The highest BCUT2D eigenvalue weighted by Crippen LogP contribution is 2.37. The lowest BCUT2D eigenvalue weighted by atomic mass is 9.93. The van der Waals surface area contributed by atoms with Crippen LogP contribution in [0.2, 0.25) is 4.34 Å². The first-order valence-corrected chi connectivity index (χ1v) is 7.09. The van der Waals surface area contributed by atoms with Crippen LogP contribution in [0, 0.1) is 0 Å². The fourth-order valence-corrected chi connectivity index (χ4v) is 3.66. The normalized spacial score (nSPS) is 21.8. The number of rotatable bonds is 4. The van der Waals surface area contributed by atoms with Crippen LogP contribution < -0.4 is 5.32 Å². The maximum absolute atomic E-state index is 9.22. The van der Waals surface area contributed by atoms with Crippen molar-refractivity contribution in [2.75, 3.05) is 6.61 Å². The number of halogens is 1. The van der Waals surface area contributed by atoms with E-state index in [2.05, 4.69) is 18.3 Å². The summed E-state index contributed by atoms with van der Waals surface area (Å²) in [6.45, 7) is 2.30. The molecule has 1 heterocycles. The number of fused-ring (bicyclic) bond motifs is 1. The first kappa shape index (κ1) is 12.4. The van der Waals surface area contributed by atoms with Crippen molar-refractivity contribution in [3.63, 3.8) is 0 Å². The van der Waals surface area contributed by atoms with E-state index >= 15 is 0 Å². The summed E-state index contributed by atoms with van der Waals surface area (Å²) in [5.74, 6) is 0. The van der Waals surface area contributed by atoms with Crippen molar-refractivity contribution in [3.05, 3.63) is 20.8 Å². The molecule has 0 aromatic carbocycles. The monoisotopic (exact) mass is 259 g/mol. The van der Waals surface area contributed by atoms with Gasteiger partial charge in [0.2, 0.25) is 0 Å². The van der Waals surface area contributed by atoms with Crippen molar-refractivity contribution in [1.29, 1.82) is 0 Å². The van der Waals surface area contributed by atoms with Gasteiger partial charge in [0, 0.05) is 17.0 Å². The van der Waals surface area contributed by atoms with Crippen LogP contribution in [0.25, 0.3) is 0 Å². The van der Waals surface area contributed by atoms with E-state index in [1.807, 2.05) is 0 Å². The van der Waals surface area contributed by atoms with Gasteiger partial charge in [-0.25, -0.2) is 0 Å². The molecule has 0 fully saturated rings. The zero-order chi connectivity index (χ0) is 11.5. The van der Waals surface area contributed by atoms with E-state index in [9.17, 15) is 5.11 Å². The van der Waals surface area contributed by atoms with Crippen molar-refractivity contribution in [1.82, 2.24) is 5.32 Å². The maximum atomic E-state index is 9.22. The van der Waals surface area contributed by atoms with Crippen LogP contribution in [0.15, 0.2) is 6.07 Å². The second-order valence-electron chi connectivity index (χ2n) is 4.33. The molecular formula is C12H18ClNOS. The van der Waals surface area contributed by atoms with Gasteiger partial charge in [0.25, 0.3) is 0 Å². The van der Waals surface area contributed by atoms with E-state index in [0.29, 0.717) is 6.04 Å². The Kier molecular flexibility index (Phi) is 4.25. The molecule has 2 rings (SSSR count). The summed E-state index contributed by atoms with van der Waals surface area (Å²) < 4.78 is 0.885. The van der Waals surface area contributed by atoms with Crippen molar-refractivity contribution in [2.45, 2.75) is 44.7 Å². The Bertz CT molecular complexity index is 349. The second kappa shape index (κ2) is 5.50. The van der Waals surface area contributed by atoms with Gasteiger partial charge in [-0.15, -0.1) is 11.3 Å². The molecule has 1 aliphatic rings. The number of aryl methyl sites for hydroxylation is 1. The molecule has 90 valence electrons. The third kappa shape index (κ3) is 2.59. The van der Waals surface area contributed by atoms with Crippen LogP contribution in [0.3, 0.4) is 0 Å². The molecule has 0 spiro atoms. The van der Waals surface area contributed by atoms with E-state index in [1.54, 1.807) is 11.3 Å². The maximum Gasteiger partial charge on any atom is 0.0934 e. The Balaban J connectivity index is 2.12. The largest absolute Gasteiger partial charge is 0.395 e. The smallest absolute Gasteiger partial charge is 0.0934 e. The predicted octanol–water partition coefficient (Wildman–Crippen LogP) is 3.14. The molecule has 1 unspecified atom stereocenters. The molecule has 0 saturated heterocycles.